The molecule has 1 unspecified atom stereocenters. The molecule has 0 saturated carbocycles. The van der Waals surface area contributed by atoms with E-state index < -0.39 is 0 Å². The zero-order chi connectivity index (χ0) is 12.8. The molecule has 18 heavy (non-hydrogen) atoms. The molecule has 2 heterocycles. The van der Waals surface area contributed by atoms with Crippen molar-refractivity contribution in [1.82, 2.24) is 10.2 Å². The second-order valence-corrected chi connectivity index (χ2v) is 5.41. The van der Waals surface area contributed by atoms with Gasteiger partial charge >= 0.3 is 0 Å². The lowest BCUT2D eigenvalue weighted by atomic mass is 10.0. The number of hydrogen-bond donors (Lipinski definition) is 1. The summed E-state index contributed by atoms with van der Waals surface area (Å²) in [4.78, 5) is 2.53. The van der Waals surface area contributed by atoms with Crippen molar-refractivity contribution in [2.24, 2.45) is 0 Å². The maximum Gasteiger partial charge on any atom is 0.118 e. The Morgan fingerprint density at radius 3 is 3.11 bits per heavy atom. The third-order valence-corrected chi connectivity index (χ3v) is 3.76. The highest BCUT2D eigenvalue weighted by Crippen LogP contribution is 2.20. The van der Waals surface area contributed by atoms with E-state index in [1.165, 1.54) is 37.8 Å². The van der Waals surface area contributed by atoms with Crippen LogP contribution in [0.5, 0.6) is 0 Å². The monoisotopic (exact) mass is 250 g/mol. The van der Waals surface area contributed by atoms with Gasteiger partial charge in [0, 0.05) is 18.2 Å². The predicted molar refractivity (Wildman–Crippen MR) is 74.4 cm³/mol. The van der Waals surface area contributed by atoms with E-state index in [1.807, 2.05) is 6.26 Å². The molecular formula is C15H26N2O. The maximum atomic E-state index is 5.66. The Kier molecular flexibility index (Phi) is 5.26. The Balaban J connectivity index is 1.82. The second kappa shape index (κ2) is 6.95. The van der Waals surface area contributed by atoms with E-state index in [9.17, 15) is 0 Å². The molecule has 102 valence electrons. The lowest BCUT2D eigenvalue weighted by molar-refractivity contribution is 0.142. The molecule has 0 aliphatic carbocycles. The number of hydrogen-bond acceptors (Lipinski definition) is 3. The van der Waals surface area contributed by atoms with Gasteiger partial charge in [0.25, 0.3) is 0 Å². The molecule has 1 N–H and O–H groups in total. The average molecular weight is 250 g/mol. The first-order valence-electron chi connectivity index (χ1n) is 7.30. The molecule has 2 rings (SSSR count). The van der Waals surface area contributed by atoms with Crippen molar-refractivity contribution in [1.29, 1.82) is 0 Å². The van der Waals surface area contributed by atoms with Gasteiger partial charge in [-0.15, -0.1) is 0 Å². The first kappa shape index (κ1) is 13.6. The van der Waals surface area contributed by atoms with E-state index in [2.05, 4.69) is 30.1 Å². The highest BCUT2D eigenvalue weighted by atomic mass is 16.3. The van der Waals surface area contributed by atoms with Gasteiger partial charge in [-0.1, -0.05) is 13.3 Å². The smallest absolute Gasteiger partial charge is 0.118 e. The van der Waals surface area contributed by atoms with E-state index in [-0.39, 0.29) is 0 Å². The Labute approximate surface area is 111 Å². The quantitative estimate of drug-likeness (QED) is 0.786. The molecule has 0 radical (unpaired) electrons. The summed E-state index contributed by atoms with van der Waals surface area (Å²) in [5, 5.41) is 3.40. The normalized spacial score (nSPS) is 21.3. The summed E-state index contributed by atoms with van der Waals surface area (Å²) < 4.78 is 5.66. The lowest BCUT2D eigenvalue weighted by Crippen LogP contribution is -2.36. The van der Waals surface area contributed by atoms with Crippen molar-refractivity contribution in [3.8, 4) is 0 Å². The van der Waals surface area contributed by atoms with Gasteiger partial charge in [0.05, 0.1) is 12.8 Å². The van der Waals surface area contributed by atoms with Gasteiger partial charge in [0.15, 0.2) is 0 Å². The van der Waals surface area contributed by atoms with Crippen LogP contribution in [0.1, 0.15) is 50.9 Å². The van der Waals surface area contributed by atoms with E-state index in [0.29, 0.717) is 6.04 Å². The van der Waals surface area contributed by atoms with E-state index in [0.717, 1.165) is 25.4 Å². The molecule has 1 aliphatic rings. The molecular weight excluding hydrogens is 224 g/mol. The third-order valence-electron chi connectivity index (χ3n) is 3.76. The van der Waals surface area contributed by atoms with Crippen molar-refractivity contribution in [2.75, 3.05) is 13.1 Å². The molecule has 3 heteroatoms. The zero-order valence-electron chi connectivity index (χ0n) is 11.7. The largest absolute Gasteiger partial charge is 0.468 e. The molecule has 1 aromatic rings. The summed E-state index contributed by atoms with van der Waals surface area (Å²) in [7, 11) is 0. The van der Waals surface area contributed by atoms with Gasteiger partial charge in [-0.3, -0.25) is 4.90 Å². The molecule has 1 saturated heterocycles. The molecule has 0 amide bonds. The number of nitrogens with zero attached hydrogens (tertiary/aromatic N) is 1. The Bertz CT molecular complexity index is 348. The van der Waals surface area contributed by atoms with Crippen molar-refractivity contribution in [3.63, 3.8) is 0 Å². The van der Waals surface area contributed by atoms with Crippen molar-refractivity contribution < 1.29 is 4.42 Å². The fourth-order valence-electron chi connectivity index (χ4n) is 2.60. The van der Waals surface area contributed by atoms with Crippen LogP contribution in [-0.4, -0.2) is 24.0 Å². The van der Waals surface area contributed by atoms with Crippen LogP contribution in [0.15, 0.2) is 16.7 Å². The van der Waals surface area contributed by atoms with Crippen molar-refractivity contribution in [3.05, 3.63) is 23.7 Å². The zero-order valence-corrected chi connectivity index (χ0v) is 11.7. The van der Waals surface area contributed by atoms with Crippen molar-refractivity contribution >= 4 is 0 Å². The van der Waals surface area contributed by atoms with E-state index >= 15 is 0 Å². The minimum atomic E-state index is 0.700. The Hall–Kier alpha value is -0.800. The molecule has 1 fully saturated rings. The highest BCUT2D eigenvalue weighted by Gasteiger charge is 2.19. The first-order chi connectivity index (χ1) is 8.79. The van der Waals surface area contributed by atoms with Crippen LogP contribution in [-0.2, 0) is 13.1 Å². The molecule has 1 aliphatic heterocycles. The molecule has 3 nitrogen and oxygen atoms in total. The summed E-state index contributed by atoms with van der Waals surface area (Å²) in [6.45, 7) is 8.69. The average Bonchev–Trinajstić information content (AvgIpc) is 2.80. The van der Waals surface area contributed by atoms with Crippen LogP contribution in [0, 0.1) is 0 Å². The molecule has 0 aromatic carbocycles. The maximum absolute atomic E-state index is 5.66. The van der Waals surface area contributed by atoms with Crippen LogP contribution in [0.3, 0.4) is 0 Å². The number of rotatable bonds is 6. The number of likely N-dealkylation sites (tertiary alicyclic amines) is 1. The van der Waals surface area contributed by atoms with Gasteiger partial charge in [0.2, 0.25) is 0 Å². The van der Waals surface area contributed by atoms with E-state index in [1.54, 1.807) is 0 Å². The fourth-order valence-corrected chi connectivity index (χ4v) is 2.60. The molecule has 0 spiro atoms. The minimum Gasteiger partial charge on any atom is -0.468 e. The Morgan fingerprint density at radius 1 is 1.44 bits per heavy atom. The fraction of sp³-hybridized carbons (Fsp3) is 0.733. The first-order valence-corrected chi connectivity index (χ1v) is 7.30. The Morgan fingerprint density at radius 2 is 2.33 bits per heavy atom. The summed E-state index contributed by atoms with van der Waals surface area (Å²) >= 11 is 0. The number of piperidine rings is 1. The molecule has 1 atom stereocenters. The van der Waals surface area contributed by atoms with Gasteiger partial charge in [-0.25, -0.2) is 0 Å². The SMILES string of the molecule is CCCNCc1coc(CN2CCCCC2C)c1. The third kappa shape index (κ3) is 3.85. The number of nitrogens with one attached hydrogen (secondary N) is 1. The van der Waals surface area contributed by atoms with E-state index in [4.69, 9.17) is 4.42 Å². The van der Waals surface area contributed by atoms with Crippen LogP contribution in [0.4, 0.5) is 0 Å². The lowest BCUT2D eigenvalue weighted by Gasteiger charge is -2.32. The summed E-state index contributed by atoms with van der Waals surface area (Å²) in [5.41, 5.74) is 1.27. The van der Waals surface area contributed by atoms with Gasteiger partial charge in [-0.2, -0.15) is 0 Å². The predicted octanol–water partition coefficient (Wildman–Crippen LogP) is 3.15. The summed E-state index contributed by atoms with van der Waals surface area (Å²) in [6.07, 6.45) is 7.10. The van der Waals surface area contributed by atoms with Gasteiger partial charge in [0.1, 0.15) is 5.76 Å². The highest BCUT2D eigenvalue weighted by molar-refractivity contribution is 5.12. The van der Waals surface area contributed by atoms with Crippen LogP contribution in [0.25, 0.3) is 0 Å². The molecule has 1 aromatic heterocycles. The summed E-state index contributed by atoms with van der Waals surface area (Å²) in [6, 6.07) is 2.90. The van der Waals surface area contributed by atoms with Gasteiger partial charge in [-0.05, 0) is 45.3 Å². The van der Waals surface area contributed by atoms with Crippen LogP contribution < -0.4 is 5.32 Å². The van der Waals surface area contributed by atoms with Crippen molar-refractivity contribution in [2.45, 2.75) is 58.7 Å². The topological polar surface area (TPSA) is 28.4 Å². The minimum absolute atomic E-state index is 0.700. The number of furan rings is 1. The molecule has 0 bridgehead atoms. The summed E-state index contributed by atoms with van der Waals surface area (Å²) in [5.74, 6) is 1.11. The standard InChI is InChI=1S/C15H26N2O/c1-3-7-16-10-14-9-15(18-12-14)11-17-8-5-4-6-13(17)2/h9,12-13,16H,3-8,10-11H2,1-2H3. The van der Waals surface area contributed by atoms with Gasteiger partial charge < -0.3 is 9.73 Å². The van der Waals surface area contributed by atoms with Crippen LogP contribution in [0.2, 0.25) is 0 Å². The second-order valence-electron chi connectivity index (χ2n) is 5.41. The van der Waals surface area contributed by atoms with Crippen LogP contribution >= 0.6 is 0 Å².